The van der Waals surface area contributed by atoms with Crippen LogP contribution in [0, 0.1) is 6.92 Å². The Bertz CT molecular complexity index is 374. The van der Waals surface area contributed by atoms with Crippen LogP contribution < -0.4 is 10.1 Å². The smallest absolute Gasteiger partial charge is 0.236 e. The lowest BCUT2D eigenvalue weighted by Crippen LogP contribution is -2.39. The van der Waals surface area contributed by atoms with Gasteiger partial charge in [-0.2, -0.15) is 0 Å². The van der Waals surface area contributed by atoms with E-state index in [1.54, 1.807) is 19.0 Å². The molecule has 100 valence electrons. The number of nitrogens with one attached hydrogen (secondary N) is 1. The summed E-state index contributed by atoms with van der Waals surface area (Å²) < 4.78 is 5.63. The van der Waals surface area contributed by atoms with Crippen LogP contribution in [0.1, 0.15) is 12.5 Å². The average molecular weight is 250 g/mol. The lowest BCUT2D eigenvalue weighted by Gasteiger charge is -2.16. The Kier molecular flexibility index (Phi) is 5.65. The van der Waals surface area contributed by atoms with Gasteiger partial charge in [-0.05, 0) is 26.0 Å². The second-order valence-electron chi connectivity index (χ2n) is 4.69. The van der Waals surface area contributed by atoms with E-state index in [4.69, 9.17) is 4.74 Å². The number of rotatable bonds is 6. The van der Waals surface area contributed by atoms with Crippen molar-refractivity contribution >= 4 is 5.91 Å². The molecule has 0 saturated heterocycles. The Morgan fingerprint density at radius 1 is 1.33 bits per heavy atom. The monoisotopic (exact) mass is 250 g/mol. The molecule has 0 heterocycles. The minimum absolute atomic E-state index is 0.0668. The maximum Gasteiger partial charge on any atom is 0.236 e. The van der Waals surface area contributed by atoms with Gasteiger partial charge in [-0.3, -0.25) is 4.79 Å². The van der Waals surface area contributed by atoms with Crippen LogP contribution in [0.5, 0.6) is 5.75 Å². The van der Waals surface area contributed by atoms with Gasteiger partial charge in [0.05, 0.1) is 6.54 Å². The molecule has 1 N–H and O–H groups in total. The molecule has 0 radical (unpaired) electrons. The zero-order valence-electron chi connectivity index (χ0n) is 11.6. The summed E-state index contributed by atoms with van der Waals surface area (Å²) in [5.74, 6) is 0.922. The quantitative estimate of drug-likeness (QED) is 0.830. The molecule has 1 aromatic rings. The molecule has 0 aromatic heterocycles. The Hall–Kier alpha value is -1.55. The van der Waals surface area contributed by atoms with Gasteiger partial charge in [-0.1, -0.05) is 17.7 Å². The molecule has 0 fully saturated rings. The number of benzene rings is 1. The minimum Gasteiger partial charge on any atom is -0.492 e. The first kappa shape index (κ1) is 14.5. The average Bonchev–Trinajstić information content (AvgIpc) is 2.35. The van der Waals surface area contributed by atoms with Gasteiger partial charge in [-0.25, -0.2) is 0 Å². The number of hydrogen-bond donors (Lipinski definition) is 1. The van der Waals surface area contributed by atoms with E-state index in [1.807, 2.05) is 38.1 Å². The number of carbonyl (C=O) groups excluding carboxylic acids is 1. The fraction of sp³-hybridized carbons (Fsp3) is 0.500. The van der Waals surface area contributed by atoms with Crippen LogP contribution in [0.2, 0.25) is 0 Å². The largest absolute Gasteiger partial charge is 0.492 e. The van der Waals surface area contributed by atoms with E-state index < -0.39 is 0 Å². The molecular weight excluding hydrogens is 228 g/mol. The van der Waals surface area contributed by atoms with E-state index in [1.165, 1.54) is 5.56 Å². The summed E-state index contributed by atoms with van der Waals surface area (Å²) >= 11 is 0. The number of nitrogens with zero attached hydrogens (tertiary/aromatic N) is 1. The van der Waals surface area contributed by atoms with E-state index in [0.29, 0.717) is 13.2 Å². The fourth-order valence-electron chi connectivity index (χ4n) is 1.33. The molecule has 18 heavy (non-hydrogen) atoms. The Morgan fingerprint density at radius 2 is 1.94 bits per heavy atom. The maximum atomic E-state index is 11.4. The van der Waals surface area contributed by atoms with Gasteiger partial charge >= 0.3 is 0 Å². The van der Waals surface area contributed by atoms with Crippen molar-refractivity contribution < 1.29 is 9.53 Å². The zero-order chi connectivity index (χ0) is 13.5. The second kappa shape index (κ2) is 7.01. The molecule has 1 aromatic carbocycles. The van der Waals surface area contributed by atoms with Gasteiger partial charge in [0.25, 0.3) is 0 Å². The molecule has 4 nitrogen and oxygen atoms in total. The van der Waals surface area contributed by atoms with Crippen LogP contribution in [0.4, 0.5) is 0 Å². The number of carbonyl (C=O) groups is 1. The van der Waals surface area contributed by atoms with Crippen LogP contribution >= 0.6 is 0 Å². The van der Waals surface area contributed by atoms with Crippen molar-refractivity contribution in [2.24, 2.45) is 0 Å². The van der Waals surface area contributed by atoms with Crippen molar-refractivity contribution in [1.29, 1.82) is 0 Å². The highest BCUT2D eigenvalue weighted by Crippen LogP contribution is 2.11. The van der Waals surface area contributed by atoms with Crippen LogP contribution in [-0.4, -0.2) is 44.1 Å². The van der Waals surface area contributed by atoms with Crippen LogP contribution in [0.25, 0.3) is 0 Å². The van der Waals surface area contributed by atoms with Gasteiger partial charge in [0.15, 0.2) is 0 Å². The zero-order valence-corrected chi connectivity index (χ0v) is 11.6. The van der Waals surface area contributed by atoms with Gasteiger partial charge in [0.2, 0.25) is 5.91 Å². The molecule has 1 rings (SSSR count). The molecule has 1 amide bonds. The molecule has 0 aliphatic rings. The number of likely N-dealkylation sites (N-methyl/N-ethyl adjacent to an activating group) is 1. The Balaban J connectivity index is 2.26. The highest BCUT2D eigenvalue weighted by Gasteiger charge is 2.07. The number of hydrogen-bond acceptors (Lipinski definition) is 3. The third kappa shape index (κ3) is 5.19. The summed E-state index contributed by atoms with van der Waals surface area (Å²) in [7, 11) is 3.50. The summed E-state index contributed by atoms with van der Waals surface area (Å²) in [5, 5.41) is 3.13. The van der Waals surface area contributed by atoms with E-state index in [0.717, 1.165) is 5.75 Å². The van der Waals surface area contributed by atoms with E-state index in [9.17, 15) is 4.79 Å². The molecule has 0 spiro atoms. The summed E-state index contributed by atoms with van der Waals surface area (Å²) in [6.07, 6.45) is 0. The summed E-state index contributed by atoms with van der Waals surface area (Å²) in [6.45, 7) is 4.92. The van der Waals surface area contributed by atoms with Crippen LogP contribution in [-0.2, 0) is 4.79 Å². The van der Waals surface area contributed by atoms with Gasteiger partial charge in [0.1, 0.15) is 12.4 Å². The Morgan fingerprint density at radius 3 is 2.50 bits per heavy atom. The van der Waals surface area contributed by atoms with Crippen LogP contribution in [0.3, 0.4) is 0 Å². The van der Waals surface area contributed by atoms with Gasteiger partial charge in [0, 0.05) is 20.1 Å². The molecule has 0 saturated carbocycles. The van der Waals surface area contributed by atoms with Crippen molar-refractivity contribution in [2.75, 3.05) is 27.2 Å². The lowest BCUT2D eigenvalue weighted by atomic mass is 10.2. The summed E-state index contributed by atoms with van der Waals surface area (Å²) in [6, 6.07) is 8.07. The molecule has 4 heteroatoms. The molecule has 1 atom stereocenters. The molecule has 1 unspecified atom stereocenters. The SMILES string of the molecule is Cc1ccc(OCC(C)NCC(=O)N(C)C)cc1. The normalized spacial score (nSPS) is 12.0. The second-order valence-corrected chi connectivity index (χ2v) is 4.69. The first-order valence-electron chi connectivity index (χ1n) is 6.12. The van der Waals surface area contributed by atoms with Crippen molar-refractivity contribution in [1.82, 2.24) is 10.2 Å². The first-order valence-corrected chi connectivity index (χ1v) is 6.12. The standard InChI is InChI=1S/C14H22N2O2/c1-11-5-7-13(8-6-11)18-10-12(2)15-9-14(17)16(3)4/h5-8,12,15H,9-10H2,1-4H3. The number of amides is 1. The van der Waals surface area contributed by atoms with Crippen molar-refractivity contribution in [3.05, 3.63) is 29.8 Å². The van der Waals surface area contributed by atoms with E-state index >= 15 is 0 Å². The third-order valence-electron chi connectivity index (χ3n) is 2.62. The summed E-state index contributed by atoms with van der Waals surface area (Å²) in [4.78, 5) is 13.0. The van der Waals surface area contributed by atoms with E-state index in [-0.39, 0.29) is 11.9 Å². The topological polar surface area (TPSA) is 41.6 Å². The minimum atomic E-state index is 0.0668. The lowest BCUT2D eigenvalue weighted by molar-refractivity contribution is -0.127. The van der Waals surface area contributed by atoms with Gasteiger partial charge in [-0.15, -0.1) is 0 Å². The maximum absolute atomic E-state index is 11.4. The van der Waals surface area contributed by atoms with Crippen LogP contribution in [0.15, 0.2) is 24.3 Å². The van der Waals surface area contributed by atoms with Gasteiger partial charge < -0.3 is 15.0 Å². The predicted molar refractivity (Wildman–Crippen MR) is 72.8 cm³/mol. The van der Waals surface area contributed by atoms with Crippen molar-refractivity contribution in [2.45, 2.75) is 19.9 Å². The molecule has 0 aliphatic carbocycles. The predicted octanol–water partition coefficient (Wildman–Crippen LogP) is 1.44. The number of ether oxygens (including phenoxy) is 1. The van der Waals surface area contributed by atoms with E-state index in [2.05, 4.69) is 5.32 Å². The first-order chi connectivity index (χ1) is 8.49. The molecule has 0 bridgehead atoms. The highest BCUT2D eigenvalue weighted by atomic mass is 16.5. The number of aryl methyl sites for hydroxylation is 1. The highest BCUT2D eigenvalue weighted by molar-refractivity contribution is 5.77. The molecule has 0 aliphatic heterocycles. The summed E-state index contributed by atoms with van der Waals surface area (Å²) in [5.41, 5.74) is 1.21. The third-order valence-corrected chi connectivity index (χ3v) is 2.62. The molecular formula is C14H22N2O2. The van der Waals surface area contributed by atoms with Crippen molar-refractivity contribution in [3.8, 4) is 5.75 Å². The fourth-order valence-corrected chi connectivity index (χ4v) is 1.33. The Labute approximate surface area is 109 Å². The van der Waals surface area contributed by atoms with Crippen molar-refractivity contribution in [3.63, 3.8) is 0 Å².